The van der Waals surface area contributed by atoms with E-state index >= 15 is 0 Å². The summed E-state index contributed by atoms with van der Waals surface area (Å²) < 4.78 is 27.7. The molecule has 0 aliphatic rings. The third-order valence-electron chi connectivity index (χ3n) is 2.60. The van der Waals surface area contributed by atoms with Crippen LogP contribution in [0.4, 0.5) is 5.69 Å². The molecule has 0 radical (unpaired) electrons. The van der Waals surface area contributed by atoms with Crippen LogP contribution in [-0.2, 0) is 15.8 Å². The van der Waals surface area contributed by atoms with Gasteiger partial charge in [0, 0.05) is 9.26 Å². The molecule has 2 rings (SSSR count). The highest BCUT2D eigenvalue weighted by atomic mass is 127. The van der Waals surface area contributed by atoms with E-state index in [0.29, 0.717) is 16.8 Å². The van der Waals surface area contributed by atoms with Gasteiger partial charge in [0.1, 0.15) is 0 Å². The van der Waals surface area contributed by atoms with Gasteiger partial charge in [0.05, 0.1) is 17.4 Å². The third-order valence-corrected chi connectivity index (χ3v) is 4.56. The number of nitrogens with one attached hydrogen (secondary N) is 1. The molecule has 0 unspecified atom stereocenters. The highest BCUT2D eigenvalue weighted by Gasteiger charge is 2.14. The van der Waals surface area contributed by atoms with Gasteiger partial charge in [-0.05, 0) is 58.5 Å². The summed E-state index contributed by atoms with van der Waals surface area (Å²) in [6, 6.07) is 15.7. The van der Waals surface area contributed by atoms with Crippen LogP contribution < -0.4 is 4.72 Å². The van der Waals surface area contributed by atoms with Gasteiger partial charge in [-0.25, -0.2) is 8.42 Å². The van der Waals surface area contributed by atoms with E-state index in [1.807, 2.05) is 18.2 Å². The number of nitrogens with zero attached hydrogens (tertiary/aromatic N) is 1. The fraction of sp³-hybridized carbons (Fsp3) is 0.0714. The van der Waals surface area contributed by atoms with Crippen molar-refractivity contribution in [3.63, 3.8) is 0 Å². The van der Waals surface area contributed by atoms with Crippen LogP contribution in [-0.4, -0.2) is 8.42 Å². The molecular formula is C14H11IN2O2S. The number of rotatable bonds is 4. The second kappa shape index (κ2) is 6.24. The Labute approximate surface area is 131 Å². The largest absolute Gasteiger partial charge is 0.283 e. The number of benzene rings is 2. The number of halogens is 1. The molecule has 0 heterocycles. The van der Waals surface area contributed by atoms with Crippen molar-refractivity contribution in [1.82, 2.24) is 0 Å². The monoisotopic (exact) mass is 398 g/mol. The number of anilines is 1. The summed E-state index contributed by atoms with van der Waals surface area (Å²) in [6.07, 6.45) is 0. The molecule has 0 amide bonds. The number of hydrogen-bond acceptors (Lipinski definition) is 3. The Morgan fingerprint density at radius 2 is 1.75 bits per heavy atom. The van der Waals surface area contributed by atoms with Gasteiger partial charge in [-0.1, -0.05) is 18.2 Å². The molecule has 20 heavy (non-hydrogen) atoms. The quantitative estimate of drug-likeness (QED) is 0.805. The van der Waals surface area contributed by atoms with Gasteiger partial charge in [0.25, 0.3) is 0 Å². The fourth-order valence-electron chi connectivity index (χ4n) is 1.69. The maximum atomic E-state index is 12.1. The van der Waals surface area contributed by atoms with Crippen molar-refractivity contribution >= 4 is 38.3 Å². The van der Waals surface area contributed by atoms with Crippen molar-refractivity contribution < 1.29 is 8.42 Å². The summed E-state index contributed by atoms with van der Waals surface area (Å²) in [5.74, 6) is -0.220. The molecule has 102 valence electrons. The second-order valence-electron chi connectivity index (χ2n) is 4.14. The molecule has 0 saturated carbocycles. The zero-order valence-electron chi connectivity index (χ0n) is 10.4. The molecule has 0 saturated heterocycles. The average molecular weight is 398 g/mol. The van der Waals surface area contributed by atoms with E-state index in [9.17, 15) is 8.42 Å². The van der Waals surface area contributed by atoms with Crippen LogP contribution in [0, 0.1) is 14.9 Å². The van der Waals surface area contributed by atoms with Gasteiger partial charge < -0.3 is 0 Å². The van der Waals surface area contributed by atoms with Crippen molar-refractivity contribution in [3.8, 4) is 6.07 Å². The minimum absolute atomic E-state index is 0.220. The van der Waals surface area contributed by atoms with Crippen molar-refractivity contribution in [2.24, 2.45) is 0 Å². The van der Waals surface area contributed by atoms with Crippen LogP contribution in [0.5, 0.6) is 0 Å². The highest BCUT2D eigenvalue weighted by Crippen LogP contribution is 2.16. The Morgan fingerprint density at radius 3 is 2.40 bits per heavy atom. The van der Waals surface area contributed by atoms with Gasteiger partial charge in [-0.15, -0.1) is 0 Å². The summed E-state index contributed by atoms with van der Waals surface area (Å²) >= 11 is 2.15. The van der Waals surface area contributed by atoms with E-state index in [2.05, 4.69) is 27.3 Å². The molecule has 0 fully saturated rings. The van der Waals surface area contributed by atoms with Crippen molar-refractivity contribution in [3.05, 3.63) is 63.2 Å². The topological polar surface area (TPSA) is 70.0 Å². The minimum Gasteiger partial charge on any atom is -0.283 e. The lowest BCUT2D eigenvalue weighted by Gasteiger charge is -2.09. The maximum Gasteiger partial charge on any atom is 0.236 e. The van der Waals surface area contributed by atoms with Crippen LogP contribution in [0.1, 0.15) is 11.1 Å². The van der Waals surface area contributed by atoms with Crippen LogP contribution >= 0.6 is 22.6 Å². The molecule has 0 atom stereocenters. The summed E-state index contributed by atoms with van der Waals surface area (Å²) in [6.45, 7) is 0. The standard InChI is InChI=1S/C14H11IN2O2S/c15-13-5-7-14(8-6-13)17-20(18,19)10-12-4-2-1-3-11(12)9-16/h1-8,17H,10H2. The number of sulfonamides is 1. The Morgan fingerprint density at radius 1 is 1.10 bits per heavy atom. The zero-order valence-corrected chi connectivity index (χ0v) is 13.3. The van der Waals surface area contributed by atoms with Gasteiger partial charge in [-0.3, -0.25) is 4.72 Å². The number of nitriles is 1. The normalized spacial score (nSPS) is 10.8. The molecule has 1 N–H and O–H groups in total. The lowest BCUT2D eigenvalue weighted by Crippen LogP contribution is -2.15. The first-order valence-electron chi connectivity index (χ1n) is 5.74. The molecule has 0 bridgehead atoms. The summed E-state index contributed by atoms with van der Waals surface area (Å²) in [4.78, 5) is 0. The Hall–Kier alpha value is -1.59. The summed E-state index contributed by atoms with van der Waals surface area (Å²) in [7, 11) is -3.54. The lowest BCUT2D eigenvalue weighted by molar-refractivity contribution is 0.600. The van der Waals surface area contributed by atoms with E-state index in [0.717, 1.165) is 3.57 Å². The van der Waals surface area contributed by atoms with Gasteiger partial charge in [0.2, 0.25) is 10.0 Å². The third kappa shape index (κ3) is 3.95. The SMILES string of the molecule is N#Cc1ccccc1CS(=O)(=O)Nc1ccc(I)cc1. The van der Waals surface area contributed by atoms with Crippen LogP contribution in [0.3, 0.4) is 0 Å². The Balaban J connectivity index is 2.19. The molecule has 4 nitrogen and oxygen atoms in total. The summed E-state index contributed by atoms with van der Waals surface area (Å²) in [5, 5.41) is 8.97. The molecule has 2 aromatic rings. The van der Waals surface area contributed by atoms with Crippen molar-refractivity contribution in [2.75, 3.05) is 4.72 Å². The Bertz CT molecular complexity index is 749. The molecule has 0 aliphatic heterocycles. The summed E-state index contributed by atoms with van der Waals surface area (Å²) in [5.41, 5.74) is 1.38. The first-order valence-corrected chi connectivity index (χ1v) is 8.47. The first kappa shape index (κ1) is 14.8. The van der Waals surface area contributed by atoms with Gasteiger partial charge >= 0.3 is 0 Å². The minimum atomic E-state index is -3.54. The average Bonchev–Trinajstić information content (AvgIpc) is 2.41. The Kier molecular flexibility index (Phi) is 4.62. The second-order valence-corrected chi connectivity index (χ2v) is 7.10. The van der Waals surface area contributed by atoms with Crippen molar-refractivity contribution in [2.45, 2.75) is 5.75 Å². The van der Waals surface area contributed by atoms with Gasteiger partial charge in [-0.2, -0.15) is 5.26 Å². The highest BCUT2D eigenvalue weighted by molar-refractivity contribution is 14.1. The van der Waals surface area contributed by atoms with E-state index < -0.39 is 10.0 Å². The molecule has 0 aliphatic carbocycles. The van der Waals surface area contributed by atoms with E-state index in [1.54, 1.807) is 36.4 Å². The van der Waals surface area contributed by atoms with Gasteiger partial charge in [0.15, 0.2) is 0 Å². The van der Waals surface area contributed by atoms with E-state index in [1.165, 1.54) is 0 Å². The van der Waals surface area contributed by atoms with E-state index in [4.69, 9.17) is 5.26 Å². The van der Waals surface area contributed by atoms with Crippen LogP contribution in [0.25, 0.3) is 0 Å². The van der Waals surface area contributed by atoms with Crippen molar-refractivity contribution in [1.29, 1.82) is 5.26 Å². The van der Waals surface area contributed by atoms with Crippen LogP contribution in [0.2, 0.25) is 0 Å². The lowest BCUT2D eigenvalue weighted by atomic mass is 10.1. The molecule has 6 heteroatoms. The zero-order chi connectivity index (χ0) is 14.6. The molecule has 2 aromatic carbocycles. The number of hydrogen-bond donors (Lipinski definition) is 1. The molecular weight excluding hydrogens is 387 g/mol. The van der Waals surface area contributed by atoms with Crippen LogP contribution in [0.15, 0.2) is 48.5 Å². The maximum absolute atomic E-state index is 12.1. The predicted octanol–water partition coefficient (Wildman–Crippen LogP) is 3.10. The molecule has 0 aromatic heterocycles. The molecule has 0 spiro atoms. The smallest absolute Gasteiger partial charge is 0.236 e. The fourth-order valence-corrected chi connectivity index (χ4v) is 3.28. The van der Waals surface area contributed by atoms with E-state index in [-0.39, 0.29) is 5.75 Å². The first-order chi connectivity index (χ1) is 9.50. The predicted molar refractivity (Wildman–Crippen MR) is 86.6 cm³/mol.